The maximum atomic E-state index is 12.1. The van der Waals surface area contributed by atoms with Crippen LogP contribution in [0.15, 0.2) is 24.3 Å². The lowest BCUT2D eigenvalue weighted by Gasteiger charge is -2.26. The van der Waals surface area contributed by atoms with Gasteiger partial charge in [-0.15, -0.1) is 0 Å². The SMILES string of the molecule is O=C(COC(=O)CC1CCCC1)NC1CCCc2ccccc21. The van der Waals surface area contributed by atoms with Gasteiger partial charge in [-0.3, -0.25) is 9.59 Å². The fourth-order valence-corrected chi connectivity index (χ4v) is 3.80. The standard InChI is InChI=1S/C19H25NO3/c21-18(13-23-19(22)12-14-6-1-2-7-14)20-17-11-5-9-15-8-3-4-10-16(15)17/h3-4,8,10,14,17H,1-2,5-7,9,11-13H2,(H,20,21). The van der Waals surface area contributed by atoms with Gasteiger partial charge in [0.15, 0.2) is 6.61 Å². The molecule has 1 aromatic carbocycles. The third kappa shape index (κ3) is 4.34. The third-order valence-corrected chi connectivity index (χ3v) is 5.00. The van der Waals surface area contributed by atoms with Crippen LogP contribution in [0.5, 0.6) is 0 Å². The van der Waals surface area contributed by atoms with Gasteiger partial charge in [0, 0.05) is 6.42 Å². The largest absolute Gasteiger partial charge is 0.456 e. The number of esters is 1. The molecule has 0 spiro atoms. The van der Waals surface area contributed by atoms with E-state index in [-0.39, 0.29) is 24.5 Å². The average molecular weight is 315 g/mol. The summed E-state index contributed by atoms with van der Waals surface area (Å²) >= 11 is 0. The minimum Gasteiger partial charge on any atom is -0.456 e. The molecule has 4 heteroatoms. The van der Waals surface area contributed by atoms with Crippen LogP contribution in [0.4, 0.5) is 0 Å². The molecule has 1 amide bonds. The lowest BCUT2D eigenvalue weighted by Crippen LogP contribution is -2.34. The second-order valence-electron chi connectivity index (χ2n) is 6.73. The van der Waals surface area contributed by atoms with Crippen molar-refractivity contribution in [1.82, 2.24) is 5.32 Å². The second kappa shape index (κ2) is 7.62. The molecule has 1 saturated carbocycles. The van der Waals surface area contributed by atoms with Crippen LogP contribution in [0.3, 0.4) is 0 Å². The van der Waals surface area contributed by atoms with E-state index < -0.39 is 0 Å². The summed E-state index contributed by atoms with van der Waals surface area (Å²) in [7, 11) is 0. The van der Waals surface area contributed by atoms with E-state index in [0.717, 1.165) is 32.1 Å². The van der Waals surface area contributed by atoms with Gasteiger partial charge < -0.3 is 10.1 Å². The first-order valence-electron chi connectivity index (χ1n) is 8.75. The Kier molecular flexibility index (Phi) is 5.31. The molecule has 124 valence electrons. The minimum absolute atomic E-state index is 0.0426. The number of amides is 1. The summed E-state index contributed by atoms with van der Waals surface area (Å²) in [4.78, 5) is 23.9. The van der Waals surface area contributed by atoms with Gasteiger partial charge in [0.2, 0.25) is 0 Å². The molecule has 0 bridgehead atoms. The van der Waals surface area contributed by atoms with Crippen LogP contribution in [-0.2, 0) is 20.7 Å². The van der Waals surface area contributed by atoms with Crippen LogP contribution in [0.25, 0.3) is 0 Å². The zero-order chi connectivity index (χ0) is 16.1. The van der Waals surface area contributed by atoms with Gasteiger partial charge in [-0.05, 0) is 49.1 Å². The molecule has 0 heterocycles. The molecule has 2 aliphatic rings. The highest BCUT2D eigenvalue weighted by atomic mass is 16.5. The van der Waals surface area contributed by atoms with Crippen molar-refractivity contribution < 1.29 is 14.3 Å². The fourth-order valence-electron chi connectivity index (χ4n) is 3.80. The van der Waals surface area contributed by atoms with Crippen molar-refractivity contribution in [2.75, 3.05) is 6.61 Å². The summed E-state index contributed by atoms with van der Waals surface area (Å²) in [5, 5.41) is 3.01. The summed E-state index contributed by atoms with van der Waals surface area (Å²) < 4.78 is 5.14. The Morgan fingerprint density at radius 2 is 1.87 bits per heavy atom. The van der Waals surface area contributed by atoms with Crippen molar-refractivity contribution >= 4 is 11.9 Å². The first-order chi connectivity index (χ1) is 11.2. The number of ether oxygens (including phenoxy) is 1. The van der Waals surface area contributed by atoms with E-state index in [9.17, 15) is 9.59 Å². The highest BCUT2D eigenvalue weighted by molar-refractivity contribution is 5.81. The van der Waals surface area contributed by atoms with Gasteiger partial charge in [0.25, 0.3) is 5.91 Å². The molecule has 0 aliphatic heterocycles. The van der Waals surface area contributed by atoms with E-state index in [4.69, 9.17) is 4.74 Å². The number of carbonyl (C=O) groups is 2. The van der Waals surface area contributed by atoms with Gasteiger partial charge in [0.1, 0.15) is 0 Å². The van der Waals surface area contributed by atoms with Crippen molar-refractivity contribution in [3.63, 3.8) is 0 Å². The molecular formula is C19H25NO3. The Hall–Kier alpha value is -1.84. The topological polar surface area (TPSA) is 55.4 Å². The van der Waals surface area contributed by atoms with E-state index >= 15 is 0 Å². The molecular weight excluding hydrogens is 290 g/mol. The lowest BCUT2D eigenvalue weighted by atomic mass is 9.88. The number of hydrogen-bond acceptors (Lipinski definition) is 3. The second-order valence-corrected chi connectivity index (χ2v) is 6.73. The molecule has 3 rings (SSSR count). The number of nitrogens with one attached hydrogen (secondary N) is 1. The molecule has 2 aliphatic carbocycles. The summed E-state index contributed by atoms with van der Waals surface area (Å²) in [6.07, 6.45) is 8.18. The lowest BCUT2D eigenvalue weighted by molar-refractivity contribution is -0.149. The quantitative estimate of drug-likeness (QED) is 0.848. The number of carbonyl (C=O) groups excluding carboxylic acids is 2. The van der Waals surface area contributed by atoms with E-state index in [1.54, 1.807) is 0 Å². The van der Waals surface area contributed by atoms with Crippen LogP contribution in [0.1, 0.15) is 62.1 Å². The zero-order valence-corrected chi connectivity index (χ0v) is 13.6. The maximum Gasteiger partial charge on any atom is 0.306 e. The van der Waals surface area contributed by atoms with Gasteiger partial charge in [-0.25, -0.2) is 0 Å². The molecule has 1 unspecified atom stereocenters. The van der Waals surface area contributed by atoms with E-state index in [1.165, 1.54) is 24.0 Å². The molecule has 0 aromatic heterocycles. The molecule has 0 radical (unpaired) electrons. The first-order valence-corrected chi connectivity index (χ1v) is 8.75. The highest BCUT2D eigenvalue weighted by Gasteiger charge is 2.23. The number of benzene rings is 1. The fraction of sp³-hybridized carbons (Fsp3) is 0.579. The van der Waals surface area contributed by atoms with Crippen LogP contribution in [0, 0.1) is 5.92 Å². The number of aryl methyl sites for hydroxylation is 1. The Balaban J connectivity index is 1.45. The smallest absolute Gasteiger partial charge is 0.306 e. The number of rotatable bonds is 5. The Bertz CT molecular complexity index is 563. The molecule has 4 nitrogen and oxygen atoms in total. The normalized spacial score (nSPS) is 20.8. The summed E-state index contributed by atoms with van der Waals surface area (Å²) in [5.74, 6) is 0.0124. The molecule has 1 N–H and O–H groups in total. The average Bonchev–Trinajstić information content (AvgIpc) is 3.06. The van der Waals surface area contributed by atoms with Gasteiger partial charge in [-0.2, -0.15) is 0 Å². The van der Waals surface area contributed by atoms with E-state index in [1.807, 2.05) is 12.1 Å². The Morgan fingerprint density at radius 1 is 1.09 bits per heavy atom. The van der Waals surface area contributed by atoms with Crippen LogP contribution in [0.2, 0.25) is 0 Å². The van der Waals surface area contributed by atoms with E-state index in [2.05, 4.69) is 17.4 Å². The Labute approximate surface area is 137 Å². The highest BCUT2D eigenvalue weighted by Crippen LogP contribution is 2.29. The predicted octanol–water partition coefficient (Wildman–Crippen LogP) is 3.30. The van der Waals surface area contributed by atoms with Gasteiger partial charge >= 0.3 is 5.97 Å². The molecule has 1 atom stereocenters. The summed E-state index contributed by atoms with van der Waals surface area (Å²) in [6.45, 7) is -0.162. The number of fused-ring (bicyclic) bond motifs is 1. The zero-order valence-electron chi connectivity index (χ0n) is 13.6. The molecule has 1 fully saturated rings. The molecule has 1 aromatic rings. The maximum absolute atomic E-state index is 12.1. The van der Waals surface area contributed by atoms with E-state index in [0.29, 0.717) is 12.3 Å². The van der Waals surface area contributed by atoms with Crippen molar-refractivity contribution in [2.45, 2.75) is 57.4 Å². The number of hydrogen-bond donors (Lipinski definition) is 1. The van der Waals surface area contributed by atoms with Crippen LogP contribution in [-0.4, -0.2) is 18.5 Å². The minimum atomic E-state index is -0.240. The molecule has 23 heavy (non-hydrogen) atoms. The van der Waals surface area contributed by atoms with Gasteiger partial charge in [-0.1, -0.05) is 37.1 Å². The van der Waals surface area contributed by atoms with Gasteiger partial charge in [0.05, 0.1) is 6.04 Å². The Morgan fingerprint density at radius 3 is 2.70 bits per heavy atom. The predicted molar refractivity (Wildman–Crippen MR) is 87.8 cm³/mol. The monoisotopic (exact) mass is 315 g/mol. The van der Waals surface area contributed by atoms with Crippen LogP contribution < -0.4 is 5.32 Å². The van der Waals surface area contributed by atoms with Crippen molar-refractivity contribution in [3.8, 4) is 0 Å². The first kappa shape index (κ1) is 16.0. The molecule has 0 saturated heterocycles. The third-order valence-electron chi connectivity index (χ3n) is 5.00. The summed E-state index contributed by atoms with van der Waals surface area (Å²) in [6, 6.07) is 8.28. The van der Waals surface area contributed by atoms with Crippen molar-refractivity contribution in [3.05, 3.63) is 35.4 Å². The van der Waals surface area contributed by atoms with Crippen molar-refractivity contribution in [1.29, 1.82) is 0 Å². The van der Waals surface area contributed by atoms with Crippen LogP contribution >= 0.6 is 0 Å². The van der Waals surface area contributed by atoms with Crippen molar-refractivity contribution in [2.24, 2.45) is 5.92 Å². The summed E-state index contributed by atoms with van der Waals surface area (Å²) in [5.41, 5.74) is 2.51.